The Morgan fingerprint density at radius 3 is 2.68 bits per heavy atom. The number of anilines is 1. The second-order valence-electron chi connectivity index (χ2n) is 10.3. The average Bonchev–Trinajstić information content (AvgIpc) is 3.60. The van der Waals surface area contributed by atoms with E-state index in [2.05, 4.69) is 61.2 Å². The molecule has 192 valence electrons. The SMILES string of the molecule is CC(C)(C)CC(O)Nc1cncc(-c2cnc3n[nH]c(-c4nc5nccc(-c6ccc(F)s6)c5[nH]4)c3c2)c1. The third-order valence-electron chi connectivity index (χ3n) is 6.09. The normalized spacial score (nSPS) is 12.9. The number of nitrogens with zero attached hydrogens (tertiary/aromatic N) is 5. The lowest BCUT2D eigenvalue weighted by Crippen LogP contribution is -2.25. The molecule has 9 nitrogen and oxygen atoms in total. The molecule has 1 unspecified atom stereocenters. The van der Waals surface area contributed by atoms with Gasteiger partial charge < -0.3 is 15.4 Å². The Hall–Kier alpha value is -4.22. The lowest BCUT2D eigenvalue weighted by atomic mass is 9.91. The van der Waals surface area contributed by atoms with Crippen LogP contribution in [-0.4, -0.2) is 46.5 Å². The maximum atomic E-state index is 13.7. The summed E-state index contributed by atoms with van der Waals surface area (Å²) in [5.41, 5.74) is 5.65. The summed E-state index contributed by atoms with van der Waals surface area (Å²) in [6.07, 6.45) is 6.74. The quantitative estimate of drug-likeness (QED) is 0.195. The van der Waals surface area contributed by atoms with Crippen LogP contribution in [0.15, 0.2) is 55.1 Å². The van der Waals surface area contributed by atoms with Gasteiger partial charge in [-0.25, -0.2) is 15.0 Å². The number of aliphatic hydroxyl groups is 1. The predicted octanol–water partition coefficient (Wildman–Crippen LogP) is 5.99. The maximum Gasteiger partial charge on any atom is 0.181 e. The Kier molecular flexibility index (Phi) is 5.88. The Balaban J connectivity index is 1.36. The minimum atomic E-state index is -0.689. The van der Waals surface area contributed by atoms with Crippen molar-refractivity contribution in [1.82, 2.24) is 35.1 Å². The Labute approximate surface area is 221 Å². The molecule has 1 atom stereocenters. The Bertz CT molecular complexity index is 1770. The van der Waals surface area contributed by atoms with E-state index in [1.165, 1.54) is 6.07 Å². The molecule has 11 heteroatoms. The van der Waals surface area contributed by atoms with Gasteiger partial charge in [0.25, 0.3) is 0 Å². The second kappa shape index (κ2) is 9.26. The van der Waals surface area contributed by atoms with Gasteiger partial charge in [-0.3, -0.25) is 10.1 Å². The molecule has 0 aliphatic heterocycles. The molecule has 0 amide bonds. The molecule has 0 saturated heterocycles. The highest BCUT2D eigenvalue weighted by Crippen LogP contribution is 2.34. The van der Waals surface area contributed by atoms with Crippen molar-refractivity contribution in [3.8, 4) is 33.1 Å². The van der Waals surface area contributed by atoms with Crippen molar-refractivity contribution in [2.24, 2.45) is 5.41 Å². The molecule has 0 aliphatic carbocycles. The fraction of sp³-hybridized carbons (Fsp3) is 0.222. The number of fused-ring (bicyclic) bond motifs is 2. The number of nitrogens with one attached hydrogen (secondary N) is 3. The van der Waals surface area contributed by atoms with Crippen molar-refractivity contribution >= 4 is 39.2 Å². The molecular formula is C27H25FN8OS. The summed E-state index contributed by atoms with van der Waals surface area (Å²) in [6, 6.07) is 8.94. The van der Waals surface area contributed by atoms with Crippen LogP contribution < -0.4 is 5.32 Å². The van der Waals surface area contributed by atoms with Crippen LogP contribution in [0, 0.1) is 10.5 Å². The molecule has 6 rings (SSSR count). The third kappa shape index (κ3) is 4.73. The average molecular weight is 529 g/mol. The molecule has 0 saturated carbocycles. The smallest absolute Gasteiger partial charge is 0.181 e. The number of halogens is 1. The van der Waals surface area contributed by atoms with Gasteiger partial charge >= 0.3 is 0 Å². The van der Waals surface area contributed by atoms with E-state index in [1.807, 2.05) is 18.2 Å². The highest BCUT2D eigenvalue weighted by molar-refractivity contribution is 7.14. The fourth-order valence-electron chi connectivity index (χ4n) is 4.43. The standard InChI is InChI=1S/C27H25FN8OS/c1-27(2,3)10-21(37)32-16-8-14(11-29-13-16)15-9-18-23(35-36-24(18)31-12-15)26-33-22-17(6-7-30-25(22)34-26)19-4-5-20(28)38-19/h4-9,11-13,21,32,37H,10H2,1-3H3,(H,30,33,34)(H,31,35,36). The van der Waals surface area contributed by atoms with Crippen molar-refractivity contribution in [2.45, 2.75) is 33.4 Å². The summed E-state index contributed by atoms with van der Waals surface area (Å²) in [5.74, 6) is 0.553. The number of thiophene rings is 1. The fourth-order valence-corrected chi connectivity index (χ4v) is 5.19. The topological polar surface area (TPSA) is 128 Å². The van der Waals surface area contributed by atoms with Crippen molar-refractivity contribution in [3.05, 3.63) is 60.3 Å². The molecule has 4 N–H and O–H groups in total. The van der Waals surface area contributed by atoms with E-state index >= 15 is 0 Å². The van der Waals surface area contributed by atoms with Crippen LogP contribution in [0.5, 0.6) is 0 Å². The van der Waals surface area contributed by atoms with Gasteiger partial charge in [0.2, 0.25) is 0 Å². The van der Waals surface area contributed by atoms with Gasteiger partial charge in [-0.05, 0) is 42.2 Å². The molecule has 6 aromatic heterocycles. The van der Waals surface area contributed by atoms with E-state index in [0.717, 1.165) is 38.3 Å². The van der Waals surface area contributed by atoms with Crippen LogP contribution in [0.2, 0.25) is 0 Å². The van der Waals surface area contributed by atoms with E-state index < -0.39 is 6.23 Å². The highest BCUT2D eigenvalue weighted by Gasteiger charge is 2.19. The van der Waals surface area contributed by atoms with Crippen molar-refractivity contribution in [1.29, 1.82) is 0 Å². The number of H-pyrrole nitrogens is 2. The van der Waals surface area contributed by atoms with Crippen LogP contribution >= 0.6 is 11.3 Å². The minimum Gasteiger partial charge on any atom is -0.374 e. The summed E-state index contributed by atoms with van der Waals surface area (Å²) in [6.45, 7) is 6.24. The summed E-state index contributed by atoms with van der Waals surface area (Å²) in [5, 5.41) is 21.5. The maximum absolute atomic E-state index is 13.7. The van der Waals surface area contributed by atoms with Gasteiger partial charge in [0, 0.05) is 40.2 Å². The van der Waals surface area contributed by atoms with E-state index in [1.54, 1.807) is 30.9 Å². The molecule has 38 heavy (non-hydrogen) atoms. The number of hydrogen-bond donors (Lipinski definition) is 4. The van der Waals surface area contributed by atoms with E-state index in [9.17, 15) is 9.50 Å². The summed E-state index contributed by atoms with van der Waals surface area (Å²) >= 11 is 1.07. The number of aliphatic hydroxyl groups excluding tert-OH is 1. The number of aromatic amines is 2. The number of aromatic nitrogens is 7. The van der Waals surface area contributed by atoms with Crippen molar-refractivity contribution in [3.63, 3.8) is 0 Å². The zero-order valence-corrected chi connectivity index (χ0v) is 21.8. The molecule has 0 fully saturated rings. The third-order valence-corrected chi connectivity index (χ3v) is 6.99. The first-order chi connectivity index (χ1) is 18.2. The first-order valence-electron chi connectivity index (χ1n) is 12.1. The molecule has 0 bridgehead atoms. The van der Waals surface area contributed by atoms with Crippen LogP contribution in [-0.2, 0) is 0 Å². The van der Waals surface area contributed by atoms with E-state index in [4.69, 9.17) is 0 Å². The molecular weight excluding hydrogens is 503 g/mol. The lowest BCUT2D eigenvalue weighted by Gasteiger charge is -2.23. The summed E-state index contributed by atoms with van der Waals surface area (Å²) < 4.78 is 13.7. The van der Waals surface area contributed by atoms with Crippen molar-refractivity contribution in [2.75, 3.05) is 5.32 Å². The summed E-state index contributed by atoms with van der Waals surface area (Å²) in [7, 11) is 0. The highest BCUT2D eigenvalue weighted by atomic mass is 32.1. The predicted molar refractivity (Wildman–Crippen MR) is 147 cm³/mol. The van der Waals surface area contributed by atoms with Gasteiger partial charge in [-0.1, -0.05) is 20.8 Å². The molecule has 0 aromatic carbocycles. The van der Waals surface area contributed by atoms with Gasteiger partial charge in [0.15, 0.2) is 22.2 Å². The first kappa shape index (κ1) is 24.1. The molecule has 0 spiro atoms. The van der Waals surface area contributed by atoms with Gasteiger partial charge in [-0.2, -0.15) is 9.49 Å². The lowest BCUT2D eigenvalue weighted by molar-refractivity contribution is 0.145. The summed E-state index contributed by atoms with van der Waals surface area (Å²) in [4.78, 5) is 22.1. The van der Waals surface area contributed by atoms with Gasteiger partial charge in [-0.15, -0.1) is 11.3 Å². The number of hydrogen-bond acceptors (Lipinski definition) is 8. The number of pyridine rings is 3. The zero-order valence-electron chi connectivity index (χ0n) is 21.0. The number of rotatable bonds is 6. The molecule has 0 aliphatic rings. The van der Waals surface area contributed by atoms with Crippen LogP contribution in [0.4, 0.5) is 10.1 Å². The molecule has 6 heterocycles. The van der Waals surface area contributed by atoms with Crippen molar-refractivity contribution < 1.29 is 9.50 Å². The van der Waals surface area contributed by atoms with Gasteiger partial charge in [0.1, 0.15) is 11.9 Å². The molecule has 0 radical (unpaired) electrons. The second-order valence-corrected chi connectivity index (χ2v) is 11.4. The van der Waals surface area contributed by atoms with Crippen LogP contribution in [0.3, 0.4) is 0 Å². The Morgan fingerprint density at radius 1 is 1.05 bits per heavy atom. The molecule has 6 aromatic rings. The van der Waals surface area contributed by atoms with Crippen LogP contribution in [0.25, 0.3) is 55.3 Å². The van der Waals surface area contributed by atoms with E-state index in [-0.39, 0.29) is 10.5 Å². The zero-order chi connectivity index (χ0) is 26.4. The minimum absolute atomic E-state index is 0.0169. The number of imidazole rings is 1. The first-order valence-corrected chi connectivity index (χ1v) is 12.9. The van der Waals surface area contributed by atoms with E-state index in [0.29, 0.717) is 40.4 Å². The monoisotopic (exact) mass is 528 g/mol. The van der Waals surface area contributed by atoms with Crippen LogP contribution in [0.1, 0.15) is 27.2 Å². The Morgan fingerprint density at radius 2 is 1.89 bits per heavy atom. The largest absolute Gasteiger partial charge is 0.374 e. The van der Waals surface area contributed by atoms with Gasteiger partial charge in [0.05, 0.1) is 22.8 Å².